The predicted octanol–water partition coefficient (Wildman–Crippen LogP) is 2.87. The molecule has 2 N–H and O–H groups in total. The van der Waals surface area contributed by atoms with Crippen molar-refractivity contribution in [2.75, 3.05) is 19.6 Å². The van der Waals surface area contributed by atoms with Gasteiger partial charge in [-0.2, -0.15) is 0 Å². The third-order valence-corrected chi connectivity index (χ3v) is 5.27. The summed E-state index contributed by atoms with van der Waals surface area (Å²) in [5.41, 5.74) is 6.49. The van der Waals surface area contributed by atoms with Crippen LogP contribution in [-0.2, 0) is 0 Å². The summed E-state index contributed by atoms with van der Waals surface area (Å²) in [4.78, 5) is 2.74. The van der Waals surface area contributed by atoms with Gasteiger partial charge in [-0.25, -0.2) is 0 Å². The molecule has 100 valence electrons. The fourth-order valence-electron chi connectivity index (χ4n) is 3.57. The van der Waals surface area contributed by atoms with Crippen molar-refractivity contribution < 1.29 is 0 Å². The molecule has 0 aromatic carbocycles. The number of rotatable bonds is 2. The average molecular weight is 238 g/mol. The molecule has 0 amide bonds. The quantitative estimate of drug-likeness (QED) is 0.801. The highest BCUT2D eigenvalue weighted by Gasteiger charge is 2.33. The second-order valence-electron chi connectivity index (χ2n) is 7.15. The van der Waals surface area contributed by atoms with E-state index in [1.807, 2.05) is 0 Å². The van der Waals surface area contributed by atoms with Crippen molar-refractivity contribution in [3.8, 4) is 0 Å². The Bertz CT molecular complexity index is 239. The maximum atomic E-state index is 5.90. The first-order valence-electron chi connectivity index (χ1n) is 7.46. The van der Waals surface area contributed by atoms with Gasteiger partial charge in [0.05, 0.1) is 0 Å². The van der Waals surface area contributed by atoms with Crippen molar-refractivity contribution in [2.45, 2.75) is 58.9 Å². The van der Waals surface area contributed by atoms with Crippen LogP contribution in [0.1, 0.15) is 52.9 Å². The Balaban J connectivity index is 1.87. The summed E-state index contributed by atoms with van der Waals surface area (Å²) in [5, 5.41) is 0. The monoisotopic (exact) mass is 238 g/mol. The number of likely N-dealkylation sites (tertiary alicyclic amines) is 1. The van der Waals surface area contributed by atoms with Crippen molar-refractivity contribution in [2.24, 2.45) is 23.0 Å². The number of hydrogen-bond donors (Lipinski definition) is 1. The summed E-state index contributed by atoms with van der Waals surface area (Å²) in [6.07, 6.45) is 6.95. The van der Waals surface area contributed by atoms with Gasteiger partial charge >= 0.3 is 0 Å². The van der Waals surface area contributed by atoms with Crippen molar-refractivity contribution in [3.05, 3.63) is 0 Å². The highest BCUT2D eigenvalue weighted by molar-refractivity contribution is 4.88. The molecule has 2 atom stereocenters. The molecule has 2 nitrogen and oxygen atoms in total. The van der Waals surface area contributed by atoms with Crippen LogP contribution in [-0.4, -0.2) is 30.6 Å². The molecule has 2 heteroatoms. The Morgan fingerprint density at radius 3 is 2.41 bits per heavy atom. The molecule has 1 heterocycles. The average Bonchev–Trinajstić information content (AvgIpc) is 2.30. The minimum Gasteiger partial charge on any atom is -0.330 e. The van der Waals surface area contributed by atoms with Gasteiger partial charge in [0, 0.05) is 12.6 Å². The summed E-state index contributed by atoms with van der Waals surface area (Å²) < 4.78 is 0. The minimum absolute atomic E-state index is 0.590. The fraction of sp³-hybridized carbons (Fsp3) is 1.00. The van der Waals surface area contributed by atoms with E-state index < -0.39 is 0 Å². The third kappa shape index (κ3) is 3.23. The first kappa shape index (κ1) is 13.4. The van der Waals surface area contributed by atoms with E-state index in [4.69, 9.17) is 5.73 Å². The molecule has 0 spiro atoms. The Kier molecular flexibility index (Phi) is 4.14. The molecule has 2 aliphatic rings. The zero-order valence-corrected chi connectivity index (χ0v) is 11.9. The van der Waals surface area contributed by atoms with E-state index in [1.165, 1.54) is 45.2 Å². The molecule has 1 saturated carbocycles. The first-order chi connectivity index (χ1) is 8.02. The fourth-order valence-corrected chi connectivity index (χ4v) is 3.57. The lowest BCUT2D eigenvalue weighted by Crippen LogP contribution is -2.48. The maximum Gasteiger partial charge on any atom is 0.00957 e. The van der Waals surface area contributed by atoms with Crippen LogP contribution in [0.3, 0.4) is 0 Å². The van der Waals surface area contributed by atoms with Crippen LogP contribution in [0.2, 0.25) is 0 Å². The first-order valence-corrected chi connectivity index (χ1v) is 7.46. The summed E-state index contributed by atoms with van der Waals surface area (Å²) in [7, 11) is 0. The van der Waals surface area contributed by atoms with Gasteiger partial charge in [0.25, 0.3) is 0 Å². The summed E-state index contributed by atoms with van der Waals surface area (Å²) >= 11 is 0. The molecule has 1 aliphatic carbocycles. The van der Waals surface area contributed by atoms with E-state index in [0.717, 1.165) is 24.4 Å². The van der Waals surface area contributed by atoms with Gasteiger partial charge in [-0.3, -0.25) is 0 Å². The van der Waals surface area contributed by atoms with E-state index >= 15 is 0 Å². The summed E-state index contributed by atoms with van der Waals surface area (Å²) in [6.45, 7) is 10.6. The second kappa shape index (κ2) is 5.27. The highest BCUT2D eigenvalue weighted by Crippen LogP contribution is 2.38. The molecule has 0 bridgehead atoms. The van der Waals surface area contributed by atoms with Crippen LogP contribution >= 0.6 is 0 Å². The van der Waals surface area contributed by atoms with Gasteiger partial charge in [0.2, 0.25) is 0 Å². The molecular formula is C15H30N2. The van der Waals surface area contributed by atoms with Crippen LogP contribution in [0.25, 0.3) is 0 Å². The molecule has 2 rings (SSSR count). The van der Waals surface area contributed by atoms with Gasteiger partial charge in [0.1, 0.15) is 0 Å². The maximum absolute atomic E-state index is 5.90. The summed E-state index contributed by atoms with van der Waals surface area (Å²) in [6, 6.07) is 0.851. The zero-order chi connectivity index (χ0) is 12.5. The van der Waals surface area contributed by atoms with Crippen LogP contribution < -0.4 is 5.73 Å². The second-order valence-corrected chi connectivity index (χ2v) is 7.15. The van der Waals surface area contributed by atoms with Gasteiger partial charge in [0.15, 0.2) is 0 Å². The molecular weight excluding hydrogens is 208 g/mol. The topological polar surface area (TPSA) is 29.3 Å². The molecule has 2 fully saturated rings. The van der Waals surface area contributed by atoms with Gasteiger partial charge in [-0.15, -0.1) is 0 Å². The van der Waals surface area contributed by atoms with Crippen LogP contribution in [0, 0.1) is 17.3 Å². The van der Waals surface area contributed by atoms with Gasteiger partial charge in [-0.05, 0) is 62.4 Å². The highest BCUT2D eigenvalue weighted by atomic mass is 15.2. The smallest absolute Gasteiger partial charge is 0.00957 e. The Hall–Kier alpha value is -0.0800. The van der Waals surface area contributed by atoms with E-state index in [2.05, 4.69) is 25.7 Å². The van der Waals surface area contributed by atoms with Gasteiger partial charge in [-0.1, -0.05) is 20.8 Å². The number of piperidine rings is 1. The molecule has 0 aromatic rings. The van der Waals surface area contributed by atoms with E-state index in [0.29, 0.717) is 5.41 Å². The van der Waals surface area contributed by atoms with Crippen LogP contribution in [0.5, 0.6) is 0 Å². The van der Waals surface area contributed by atoms with Crippen molar-refractivity contribution >= 4 is 0 Å². The Labute approximate surface area is 107 Å². The van der Waals surface area contributed by atoms with Crippen LogP contribution in [0.15, 0.2) is 0 Å². The lowest BCUT2D eigenvalue weighted by atomic mass is 9.74. The normalized spacial score (nSPS) is 36.0. The minimum atomic E-state index is 0.590. The Morgan fingerprint density at radius 2 is 1.82 bits per heavy atom. The summed E-state index contributed by atoms with van der Waals surface area (Å²) in [5.74, 6) is 1.56. The van der Waals surface area contributed by atoms with E-state index in [9.17, 15) is 0 Å². The molecule has 2 unspecified atom stereocenters. The lowest BCUT2D eigenvalue weighted by Gasteiger charge is -2.45. The molecule has 0 aromatic heterocycles. The van der Waals surface area contributed by atoms with E-state index in [-0.39, 0.29) is 0 Å². The van der Waals surface area contributed by atoms with Crippen molar-refractivity contribution in [3.63, 3.8) is 0 Å². The predicted molar refractivity (Wildman–Crippen MR) is 73.9 cm³/mol. The Morgan fingerprint density at radius 1 is 1.18 bits per heavy atom. The van der Waals surface area contributed by atoms with Gasteiger partial charge < -0.3 is 10.6 Å². The SMILES string of the molecule is CC1CCN(C2CCC(C)(C)CC2)CC1CN. The molecule has 17 heavy (non-hydrogen) atoms. The molecule has 1 saturated heterocycles. The lowest BCUT2D eigenvalue weighted by molar-refractivity contribution is 0.0512. The zero-order valence-electron chi connectivity index (χ0n) is 11.9. The number of nitrogens with two attached hydrogens (primary N) is 1. The van der Waals surface area contributed by atoms with Crippen molar-refractivity contribution in [1.82, 2.24) is 4.90 Å². The largest absolute Gasteiger partial charge is 0.330 e. The number of nitrogens with zero attached hydrogens (tertiary/aromatic N) is 1. The molecule has 1 aliphatic heterocycles. The standard InChI is InChI=1S/C15H30N2/c1-12-6-9-17(11-13(12)10-16)14-4-7-15(2,3)8-5-14/h12-14H,4-11,16H2,1-3H3. The molecule has 0 radical (unpaired) electrons. The van der Waals surface area contributed by atoms with E-state index in [1.54, 1.807) is 0 Å². The third-order valence-electron chi connectivity index (χ3n) is 5.27. The van der Waals surface area contributed by atoms with Crippen molar-refractivity contribution in [1.29, 1.82) is 0 Å². The number of hydrogen-bond acceptors (Lipinski definition) is 2. The van der Waals surface area contributed by atoms with Crippen LogP contribution in [0.4, 0.5) is 0 Å².